The Morgan fingerprint density at radius 3 is 2.31 bits per heavy atom. The number of fused-ring (bicyclic) bond motifs is 2. The van der Waals surface area contributed by atoms with Crippen LogP contribution in [0.5, 0.6) is 0 Å². The van der Waals surface area contributed by atoms with Crippen molar-refractivity contribution in [2.24, 2.45) is 5.92 Å². The maximum absolute atomic E-state index is 11.5. The van der Waals surface area contributed by atoms with Gasteiger partial charge in [0.05, 0.1) is 0 Å². The highest BCUT2D eigenvalue weighted by Crippen LogP contribution is 2.39. The molecule has 2 aliphatic heterocycles. The molecule has 86 valence electrons. The van der Waals surface area contributed by atoms with E-state index < -0.39 is 5.97 Å². The highest BCUT2D eigenvalue weighted by atomic mass is 16.4. The maximum Gasteiger partial charge on any atom is 0.303 e. The van der Waals surface area contributed by atoms with Crippen molar-refractivity contribution >= 4 is 11.9 Å². The summed E-state index contributed by atoms with van der Waals surface area (Å²) in [6.07, 6.45) is 8.86. The van der Waals surface area contributed by atoms with Gasteiger partial charge in [-0.1, -0.05) is 0 Å². The quantitative estimate of drug-likeness (QED) is 0.704. The monoisotopic (exact) mass is 221 g/mol. The highest BCUT2D eigenvalue weighted by Gasteiger charge is 2.42. The number of carbonyl (C=O) groups excluding carboxylic acids is 1. The van der Waals surface area contributed by atoms with Crippen molar-refractivity contribution in [3.05, 3.63) is 0 Å². The fourth-order valence-electron chi connectivity index (χ4n) is 3.11. The first kappa shape index (κ1) is 11.0. The Morgan fingerprint density at radius 1 is 1.31 bits per heavy atom. The van der Waals surface area contributed by atoms with Crippen LogP contribution >= 0.6 is 0 Å². The van der Waals surface area contributed by atoms with Crippen LogP contribution in [-0.2, 0) is 9.59 Å². The Morgan fingerprint density at radius 2 is 1.88 bits per heavy atom. The summed E-state index contributed by atoms with van der Waals surface area (Å²) in [6, 6.07) is 0.346. The van der Waals surface area contributed by atoms with Gasteiger partial charge in [-0.3, -0.25) is 9.59 Å². The lowest BCUT2D eigenvalue weighted by Crippen LogP contribution is -2.46. The number of carboxylic acids is 1. The van der Waals surface area contributed by atoms with Crippen molar-refractivity contribution in [1.29, 1.82) is 0 Å². The van der Waals surface area contributed by atoms with Crippen LogP contribution in [0.1, 0.15) is 32.1 Å². The summed E-state index contributed by atoms with van der Waals surface area (Å²) in [5.74, 6) is 1.38. The largest absolute Gasteiger partial charge is 0.481 e. The molecule has 4 heteroatoms. The summed E-state index contributed by atoms with van der Waals surface area (Å²) in [5.41, 5.74) is 0. The van der Waals surface area contributed by atoms with Gasteiger partial charge in [0.1, 0.15) is 0 Å². The molecule has 0 saturated carbocycles. The van der Waals surface area contributed by atoms with Gasteiger partial charge >= 0.3 is 5.97 Å². The second-order valence-electron chi connectivity index (χ2n) is 4.68. The third-order valence-corrected chi connectivity index (χ3v) is 3.65. The minimum Gasteiger partial charge on any atom is -0.481 e. The number of hydrogen-bond donors (Lipinski definition) is 1. The van der Waals surface area contributed by atoms with Crippen LogP contribution in [0, 0.1) is 18.3 Å². The van der Waals surface area contributed by atoms with Crippen LogP contribution in [-0.4, -0.2) is 34.0 Å². The average Bonchev–Trinajstić information content (AvgIpc) is 2.49. The number of rotatable bonds is 2. The molecule has 2 fully saturated rings. The molecule has 0 aliphatic carbocycles. The predicted molar refractivity (Wildman–Crippen MR) is 57.5 cm³/mol. The molecule has 0 spiro atoms. The number of nitrogens with zero attached hydrogens (tertiary/aromatic N) is 1. The number of piperidine rings is 1. The van der Waals surface area contributed by atoms with Crippen molar-refractivity contribution in [2.75, 3.05) is 0 Å². The Labute approximate surface area is 94.6 Å². The van der Waals surface area contributed by atoms with Crippen LogP contribution in [0.25, 0.3) is 0 Å². The summed E-state index contributed by atoms with van der Waals surface area (Å²) < 4.78 is 0. The topological polar surface area (TPSA) is 57.6 Å². The Kier molecular flexibility index (Phi) is 2.86. The minimum atomic E-state index is -0.749. The maximum atomic E-state index is 11.5. The first-order valence-electron chi connectivity index (χ1n) is 5.62. The summed E-state index contributed by atoms with van der Waals surface area (Å²) in [5, 5.41) is 8.77. The van der Waals surface area contributed by atoms with E-state index in [1.54, 1.807) is 4.90 Å². The third-order valence-electron chi connectivity index (χ3n) is 3.65. The lowest BCUT2D eigenvalue weighted by molar-refractivity contribution is -0.139. The van der Waals surface area contributed by atoms with E-state index in [0.29, 0.717) is 0 Å². The summed E-state index contributed by atoms with van der Waals surface area (Å²) in [7, 11) is 0. The molecule has 2 heterocycles. The van der Waals surface area contributed by atoms with Gasteiger partial charge in [0.25, 0.3) is 5.91 Å². The zero-order chi connectivity index (χ0) is 11.7. The molecule has 1 amide bonds. The van der Waals surface area contributed by atoms with Crippen LogP contribution in [0.2, 0.25) is 0 Å². The normalized spacial score (nSPS) is 32.2. The molecule has 2 unspecified atom stereocenters. The van der Waals surface area contributed by atoms with Gasteiger partial charge in [-0.2, -0.15) is 0 Å². The molecule has 0 aromatic carbocycles. The van der Waals surface area contributed by atoms with E-state index in [1.165, 1.54) is 0 Å². The van der Waals surface area contributed by atoms with Crippen LogP contribution in [0.3, 0.4) is 0 Å². The van der Waals surface area contributed by atoms with E-state index in [1.807, 2.05) is 0 Å². The van der Waals surface area contributed by atoms with Gasteiger partial charge in [-0.05, 0) is 37.5 Å². The van der Waals surface area contributed by atoms with Crippen LogP contribution in [0.15, 0.2) is 0 Å². The molecule has 0 aromatic heterocycles. The molecule has 2 atom stereocenters. The molecule has 2 saturated heterocycles. The predicted octanol–water partition coefficient (Wildman–Crippen LogP) is 0.864. The molecular formula is C12H15NO3. The molecule has 2 bridgehead atoms. The Hall–Kier alpha value is -1.50. The van der Waals surface area contributed by atoms with Gasteiger partial charge in [0.15, 0.2) is 0 Å². The zero-order valence-electron chi connectivity index (χ0n) is 9.06. The lowest BCUT2D eigenvalue weighted by atomic mass is 9.88. The summed E-state index contributed by atoms with van der Waals surface area (Å²) >= 11 is 0. The third kappa shape index (κ3) is 1.90. The van der Waals surface area contributed by atoms with Crippen molar-refractivity contribution in [1.82, 2.24) is 4.90 Å². The molecule has 0 aromatic rings. The van der Waals surface area contributed by atoms with Crippen molar-refractivity contribution in [3.8, 4) is 12.3 Å². The van der Waals surface area contributed by atoms with Gasteiger partial charge in [-0.15, -0.1) is 6.42 Å². The number of carboxylic acid groups (broad SMARTS) is 1. The lowest BCUT2D eigenvalue weighted by Gasteiger charge is -2.37. The van der Waals surface area contributed by atoms with Crippen LogP contribution in [0.4, 0.5) is 0 Å². The number of aliphatic carboxylic acids is 1. The number of amides is 1. The first-order chi connectivity index (χ1) is 7.61. The second-order valence-corrected chi connectivity index (χ2v) is 4.68. The minimum absolute atomic E-state index is 0.173. The van der Waals surface area contributed by atoms with Gasteiger partial charge < -0.3 is 10.0 Å². The standard InChI is InChI=1S/C12H15NO3/c1-2-11(14)13-9-3-4-10(13)6-8(5-9)7-12(15)16/h1,8-10H,3-7H2,(H,15,16). The molecule has 1 N–H and O–H groups in total. The fraction of sp³-hybridized carbons (Fsp3) is 0.667. The molecule has 16 heavy (non-hydrogen) atoms. The van der Waals surface area contributed by atoms with E-state index in [2.05, 4.69) is 5.92 Å². The number of terminal acetylenes is 1. The van der Waals surface area contributed by atoms with E-state index in [-0.39, 0.29) is 30.3 Å². The Bertz CT molecular complexity index is 344. The van der Waals surface area contributed by atoms with Crippen LogP contribution < -0.4 is 0 Å². The van der Waals surface area contributed by atoms with Gasteiger partial charge in [-0.25, -0.2) is 0 Å². The van der Waals surface area contributed by atoms with Crippen molar-refractivity contribution < 1.29 is 14.7 Å². The molecule has 4 nitrogen and oxygen atoms in total. The SMILES string of the molecule is C#CC(=O)N1C2CCC1CC(CC(=O)O)C2. The van der Waals surface area contributed by atoms with E-state index in [0.717, 1.165) is 25.7 Å². The zero-order valence-corrected chi connectivity index (χ0v) is 9.06. The van der Waals surface area contributed by atoms with Gasteiger partial charge in [0.2, 0.25) is 0 Å². The highest BCUT2D eigenvalue weighted by molar-refractivity contribution is 5.93. The average molecular weight is 221 g/mol. The fourth-order valence-corrected chi connectivity index (χ4v) is 3.11. The molecule has 2 rings (SSSR count). The molecular weight excluding hydrogens is 206 g/mol. The van der Waals surface area contributed by atoms with Gasteiger partial charge in [0, 0.05) is 18.5 Å². The summed E-state index contributed by atoms with van der Waals surface area (Å²) in [6.45, 7) is 0. The Balaban J connectivity index is 2.04. The second kappa shape index (κ2) is 4.17. The number of hydrogen-bond acceptors (Lipinski definition) is 2. The molecule has 0 radical (unpaired) electrons. The van der Waals surface area contributed by atoms with E-state index >= 15 is 0 Å². The van der Waals surface area contributed by atoms with E-state index in [4.69, 9.17) is 11.5 Å². The smallest absolute Gasteiger partial charge is 0.303 e. The number of carbonyl (C=O) groups is 2. The van der Waals surface area contributed by atoms with Crippen molar-refractivity contribution in [3.63, 3.8) is 0 Å². The van der Waals surface area contributed by atoms with E-state index in [9.17, 15) is 9.59 Å². The van der Waals surface area contributed by atoms with Crippen molar-refractivity contribution in [2.45, 2.75) is 44.2 Å². The first-order valence-corrected chi connectivity index (χ1v) is 5.62. The molecule has 2 aliphatic rings. The summed E-state index contributed by atoms with van der Waals surface area (Å²) in [4.78, 5) is 24.0.